The van der Waals surface area contributed by atoms with Gasteiger partial charge in [0, 0.05) is 0 Å². The second-order valence-corrected chi connectivity index (χ2v) is 4.19. The molecule has 2 rings (SSSR count). The summed E-state index contributed by atoms with van der Waals surface area (Å²) in [6.07, 6.45) is 1.96. The molecule has 0 aromatic heterocycles. The highest BCUT2D eigenvalue weighted by molar-refractivity contribution is 5.68. The minimum Gasteiger partial charge on any atom is -0.287 e. The van der Waals surface area contributed by atoms with Gasteiger partial charge in [0.1, 0.15) is 0 Å². The van der Waals surface area contributed by atoms with Crippen molar-refractivity contribution >= 4 is 5.97 Å². The van der Waals surface area contributed by atoms with E-state index in [-0.39, 0.29) is 5.97 Å². The van der Waals surface area contributed by atoms with Gasteiger partial charge in [0.2, 0.25) is 0 Å². The Kier molecular flexibility index (Phi) is 4.99. The summed E-state index contributed by atoms with van der Waals surface area (Å²) in [6, 6.07) is 19.0. The Morgan fingerprint density at radius 2 is 1.53 bits per heavy atom. The summed E-state index contributed by atoms with van der Waals surface area (Å²) in [5, 5.41) is 0. The first-order valence-corrected chi connectivity index (χ1v) is 6.31. The zero-order chi connectivity index (χ0) is 13.3. The van der Waals surface area contributed by atoms with Crippen LogP contribution in [0.4, 0.5) is 0 Å². The first kappa shape index (κ1) is 13.1. The number of carbonyl (C=O) groups excluding carboxylic acids is 1. The van der Waals surface area contributed by atoms with Crippen molar-refractivity contribution in [2.24, 2.45) is 0 Å². The summed E-state index contributed by atoms with van der Waals surface area (Å²) in [6.45, 7) is 0. The van der Waals surface area contributed by atoms with Gasteiger partial charge in [0.25, 0.3) is 0 Å². The molecule has 0 amide bonds. The highest BCUT2D eigenvalue weighted by Crippen LogP contribution is 2.10. The predicted molar refractivity (Wildman–Crippen MR) is 72.5 cm³/mol. The predicted octanol–water partition coefficient (Wildman–Crippen LogP) is 3.55. The van der Waals surface area contributed by atoms with Gasteiger partial charge < -0.3 is 0 Å². The lowest BCUT2D eigenvalue weighted by Crippen LogP contribution is -2.08. The molecular formula is C16H16O3. The van der Waals surface area contributed by atoms with Gasteiger partial charge in [-0.3, -0.25) is 9.78 Å². The molecule has 19 heavy (non-hydrogen) atoms. The van der Waals surface area contributed by atoms with Crippen LogP contribution in [0.3, 0.4) is 0 Å². The highest BCUT2D eigenvalue weighted by Gasteiger charge is 2.05. The molecule has 0 N–H and O–H groups in total. The van der Waals surface area contributed by atoms with Gasteiger partial charge in [0.15, 0.2) is 5.75 Å². The van der Waals surface area contributed by atoms with Crippen molar-refractivity contribution < 1.29 is 14.6 Å². The molecule has 0 aliphatic heterocycles. The van der Waals surface area contributed by atoms with Crippen molar-refractivity contribution in [1.82, 2.24) is 0 Å². The standard InChI is InChI=1S/C16H16O3/c17-16(19-18-15-11-5-2-6-12-15)13-7-10-14-8-3-1-4-9-14/h1-6,8-9,11-12H,7,10,13H2. The van der Waals surface area contributed by atoms with E-state index in [9.17, 15) is 4.79 Å². The van der Waals surface area contributed by atoms with Crippen LogP contribution >= 0.6 is 0 Å². The molecule has 2 aromatic rings. The molecule has 0 spiro atoms. The number of para-hydroxylation sites is 1. The lowest BCUT2D eigenvalue weighted by molar-refractivity contribution is -0.213. The third-order valence-corrected chi connectivity index (χ3v) is 2.66. The molecule has 2 aromatic carbocycles. The number of hydrogen-bond acceptors (Lipinski definition) is 3. The second-order valence-electron chi connectivity index (χ2n) is 4.19. The zero-order valence-electron chi connectivity index (χ0n) is 10.6. The van der Waals surface area contributed by atoms with Crippen LogP contribution in [0.25, 0.3) is 0 Å². The maximum Gasteiger partial charge on any atom is 0.355 e. The summed E-state index contributed by atoms with van der Waals surface area (Å²) in [5.74, 6) is 0.179. The van der Waals surface area contributed by atoms with Crippen LogP contribution in [0.5, 0.6) is 5.75 Å². The van der Waals surface area contributed by atoms with Crippen LogP contribution < -0.4 is 4.89 Å². The summed E-state index contributed by atoms with van der Waals surface area (Å²) in [4.78, 5) is 21.1. The summed E-state index contributed by atoms with van der Waals surface area (Å²) in [5.41, 5.74) is 1.22. The Labute approximate surface area is 112 Å². The maximum absolute atomic E-state index is 11.5. The fourth-order valence-corrected chi connectivity index (χ4v) is 1.69. The van der Waals surface area contributed by atoms with Gasteiger partial charge in [0.05, 0.1) is 6.42 Å². The molecule has 0 aliphatic carbocycles. The van der Waals surface area contributed by atoms with Crippen LogP contribution in [0.15, 0.2) is 60.7 Å². The van der Waals surface area contributed by atoms with E-state index in [2.05, 4.69) is 0 Å². The second kappa shape index (κ2) is 7.21. The van der Waals surface area contributed by atoms with E-state index >= 15 is 0 Å². The van der Waals surface area contributed by atoms with Crippen molar-refractivity contribution in [3.05, 3.63) is 66.2 Å². The lowest BCUT2D eigenvalue weighted by Gasteiger charge is -2.04. The van der Waals surface area contributed by atoms with E-state index in [4.69, 9.17) is 9.78 Å². The third-order valence-electron chi connectivity index (χ3n) is 2.66. The number of aryl methyl sites for hydroxylation is 1. The maximum atomic E-state index is 11.5. The molecular weight excluding hydrogens is 240 g/mol. The molecule has 3 nitrogen and oxygen atoms in total. The SMILES string of the molecule is O=C(CCCc1ccccc1)OOc1ccccc1. The Morgan fingerprint density at radius 3 is 2.21 bits per heavy atom. The monoisotopic (exact) mass is 256 g/mol. The van der Waals surface area contributed by atoms with Gasteiger partial charge in [-0.2, -0.15) is 0 Å². The number of carbonyl (C=O) groups is 1. The number of rotatable bonds is 6. The Morgan fingerprint density at radius 1 is 0.895 bits per heavy atom. The van der Waals surface area contributed by atoms with Gasteiger partial charge in [-0.05, 0) is 30.5 Å². The van der Waals surface area contributed by atoms with Crippen molar-refractivity contribution in [2.75, 3.05) is 0 Å². The average molecular weight is 256 g/mol. The Hall–Kier alpha value is -2.29. The smallest absolute Gasteiger partial charge is 0.287 e. The first-order valence-electron chi connectivity index (χ1n) is 6.31. The van der Waals surface area contributed by atoms with Crippen molar-refractivity contribution in [3.8, 4) is 5.75 Å². The summed E-state index contributed by atoms with van der Waals surface area (Å²) in [7, 11) is 0. The highest BCUT2D eigenvalue weighted by atomic mass is 17.2. The molecule has 98 valence electrons. The van der Waals surface area contributed by atoms with Gasteiger partial charge in [-0.1, -0.05) is 48.5 Å². The minimum absolute atomic E-state index is 0.347. The zero-order valence-corrected chi connectivity index (χ0v) is 10.6. The largest absolute Gasteiger partial charge is 0.355 e. The first-order chi connectivity index (χ1) is 9.34. The van der Waals surface area contributed by atoms with Crippen LogP contribution in [0.1, 0.15) is 18.4 Å². The minimum atomic E-state index is -0.347. The van der Waals surface area contributed by atoms with Crippen LogP contribution in [-0.2, 0) is 16.1 Å². The molecule has 0 saturated carbocycles. The van der Waals surface area contributed by atoms with E-state index < -0.39 is 0 Å². The van der Waals surface area contributed by atoms with Crippen LogP contribution in [0, 0.1) is 0 Å². The van der Waals surface area contributed by atoms with Crippen molar-refractivity contribution in [3.63, 3.8) is 0 Å². The molecule has 0 bridgehead atoms. The van der Waals surface area contributed by atoms with E-state index in [1.807, 2.05) is 48.5 Å². The fourth-order valence-electron chi connectivity index (χ4n) is 1.69. The summed E-state index contributed by atoms with van der Waals surface area (Å²) >= 11 is 0. The normalized spacial score (nSPS) is 9.89. The van der Waals surface area contributed by atoms with E-state index in [0.717, 1.165) is 12.8 Å². The topological polar surface area (TPSA) is 35.5 Å². The molecule has 0 radical (unpaired) electrons. The Balaban J connectivity index is 1.65. The van der Waals surface area contributed by atoms with Gasteiger partial charge in [-0.25, -0.2) is 4.79 Å². The molecule has 0 fully saturated rings. The Bertz CT molecular complexity index is 494. The van der Waals surface area contributed by atoms with Crippen LogP contribution in [-0.4, -0.2) is 5.97 Å². The quantitative estimate of drug-likeness (QED) is 0.585. The fraction of sp³-hybridized carbons (Fsp3) is 0.188. The molecule has 0 aliphatic rings. The van der Waals surface area contributed by atoms with E-state index in [0.29, 0.717) is 12.2 Å². The summed E-state index contributed by atoms with van der Waals surface area (Å²) < 4.78 is 0. The van der Waals surface area contributed by atoms with Crippen LogP contribution in [0.2, 0.25) is 0 Å². The average Bonchev–Trinajstić information content (AvgIpc) is 2.47. The van der Waals surface area contributed by atoms with Crippen molar-refractivity contribution in [2.45, 2.75) is 19.3 Å². The molecule has 0 unspecified atom stereocenters. The van der Waals surface area contributed by atoms with Crippen molar-refractivity contribution in [1.29, 1.82) is 0 Å². The van der Waals surface area contributed by atoms with Gasteiger partial charge >= 0.3 is 5.97 Å². The van der Waals surface area contributed by atoms with Gasteiger partial charge in [-0.15, -0.1) is 0 Å². The number of hydrogen-bond donors (Lipinski definition) is 0. The van der Waals surface area contributed by atoms with E-state index in [1.54, 1.807) is 12.1 Å². The number of benzene rings is 2. The molecule has 0 heterocycles. The third kappa shape index (κ3) is 4.84. The molecule has 0 atom stereocenters. The lowest BCUT2D eigenvalue weighted by atomic mass is 10.1. The molecule has 0 saturated heterocycles. The van der Waals surface area contributed by atoms with E-state index in [1.165, 1.54) is 5.56 Å². The molecule has 3 heteroatoms.